The molecule has 0 aromatic heterocycles. The smallest absolute Gasteiger partial charge is 0.266 e. The molecule has 2 aromatic rings. The summed E-state index contributed by atoms with van der Waals surface area (Å²) in [5, 5.41) is 8.81. The predicted molar refractivity (Wildman–Crippen MR) is 86.6 cm³/mol. The lowest BCUT2D eigenvalue weighted by atomic mass is 10.1. The minimum absolute atomic E-state index is 0.0166. The Bertz CT molecular complexity index is 871. The van der Waals surface area contributed by atoms with Crippen LogP contribution in [0.3, 0.4) is 0 Å². The second-order valence-electron chi connectivity index (χ2n) is 4.66. The standard InChI is InChI=1S/C16H15N3O4S/c1-2-23-14-6-8-15(9-7-14)24(21,22)19-18-16(20)13-5-3-4-12(10-13)11-17/h3-10,19H,2H2,1H3,(H,18,20). The Hall–Kier alpha value is -2.89. The first-order valence-corrected chi connectivity index (χ1v) is 8.50. The van der Waals surface area contributed by atoms with Gasteiger partial charge in [-0.25, -0.2) is 8.42 Å². The average molecular weight is 345 g/mol. The molecule has 124 valence electrons. The quantitative estimate of drug-likeness (QED) is 0.773. The highest BCUT2D eigenvalue weighted by Gasteiger charge is 2.16. The van der Waals surface area contributed by atoms with Crippen molar-refractivity contribution >= 4 is 15.9 Å². The first-order chi connectivity index (χ1) is 11.5. The third kappa shape index (κ3) is 4.32. The van der Waals surface area contributed by atoms with Crippen LogP contribution >= 0.6 is 0 Å². The number of hydrogen-bond acceptors (Lipinski definition) is 5. The second-order valence-corrected chi connectivity index (χ2v) is 6.34. The second kappa shape index (κ2) is 7.59. The van der Waals surface area contributed by atoms with Gasteiger partial charge in [-0.3, -0.25) is 10.2 Å². The monoisotopic (exact) mass is 345 g/mol. The van der Waals surface area contributed by atoms with Crippen LogP contribution in [0.5, 0.6) is 5.75 Å². The maximum absolute atomic E-state index is 12.1. The van der Waals surface area contributed by atoms with Gasteiger partial charge < -0.3 is 4.74 Å². The van der Waals surface area contributed by atoms with Crippen molar-refractivity contribution in [1.82, 2.24) is 10.3 Å². The number of amides is 1. The van der Waals surface area contributed by atoms with Gasteiger partial charge in [-0.2, -0.15) is 5.26 Å². The lowest BCUT2D eigenvalue weighted by Crippen LogP contribution is -2.41. The number of rotatable bonds is 6. The molecule has 8 heteroatoms. The van der Waals surface area contributed by atoms with Gasteiger partial charge in [0, 0.05) is 5.56 Å². The molecule has 0 aliphatic heterocycles. The summed E-state index contributed by atoms with van der Waals surface area (Å²) >= 11 is 0. The van der Waals surface area contributed by atoms with Gasteiger partial charge in [0.25, 0.3) is 15.9 Å². The zero-order chi connectivity index (χ0) is 17.6. The Morgan fingerprint density at radius 1 is 1.21 bits per heavy atom. The molecule has 0 saturated heterocycles. The molecular formula is C16H15N3O4S. The first kappa shape index (κ1) is 17.5. The van der Waals surface area contributed by atoms with Gasteiger partial charge in [-0.05, 0) is 49.4 Å². The van der Waals surface area contributed by atoms with Gasteiger partial charge in [0.15, 0.2) is 0 Å². The lowest BCUT2D eigenvalue weighted by molar-refractivity contribution is 0.0945. The van der Waals surface area contributed by atoms with E-state index in [0.29, 0.717) is 17.9 Å². The highest BCUT2D eigenvalue weighted by molar-refractivity contribution is 7.89. The summed E-state index contributed by atoms with van der Waals surface area (Å²) in [5.74, 6) is -0.115. The number of hydrogen-bond donors (Lipinski definition) is 2. The Morgan fingerprint density at radius 2 is 1.92 bits per heavy atom. The number of hydrazine groups is 1. The molecule has 2 N–H and O–H groups in total. The predicted octanol–water partition coefficient (Wildman–Crippen LogP) is 1.58. The number of nitrogens with one attached hydrogen (secondary N) is 2. The Balaban J connectivity index is 2.06. The van der Waals surface area contributed by atoms with E-state index in [4.69, 9.17) is 10.00 Å². The van der Waals surface area contributed by atoms with Crippen molar-refractivity contribution in [1.29, 1.82) is 5.26 Å². The van der Waals surface area contributed by atoms with Crippen LogP contribution in [-0.4, -0.2) is 20.9 Å². The molecule has 0 saturated carbocycles. The fourth-order valence-corrected chi connectivity index (χ4v) is 2.70. The van der Waals surface area contributed by atoms with E-state index >= 15 is 0 Å². The Kier molecular flexibility index (Phi) is 5.52. The largest absolute Gasteiger partial charge is 0.494 e. The number of sulfonamides is 1. The molecule has 24 heavy (non-hydrogen) atoms. The zero-order valence-electron chi connectivity index (χ0n) is 12.8. The first-order valence-electron chi connectivity index (χ1n) is 7.01. The van der Waals surface area contributed by atoms with Gasteiger partial charge in [0.2, 0.25) is 0 Å². The van der Waals surface area contributed by atoms with E-state index in [2.05, 4.69) is 5.43 Å². The molecule has 2 aromatic carbocycles. The summed E-state index contributed by atoms with van der Waals surface area (Å²) in [6.45, 7) is 2.30. The highest BCUT2D eigenvalue weighted by atomic mass is 32.2. The molecule has 0 fully saturated rings. The number of nitriles is 1. The number of carbonyl (C=O) groups excluding carboxylic acids is 1. The molecule has 0 bridgehead atoms. The maximum atomic E-state index is 12.1. The highest BCUT2D eigenvalue weighted by Crippen LogP contribution is 2.15. The molecular weight excluding hydrogens is 330 g/mol. The van der Waals surface area contributed by atoms with Crippen molar-refractivity contribution in [2.45, 2.75) is 11.8 Å². The Morgan fingerprint density at radius 3 is 2.54 bits per heavy atom. The number of carbonyl (C=O) groups is 1. The fraction of sp³-hybridized carbons (Fsp3) is 0.125. The normalized spacial score (nSPS) is 10.7. The van der Waals surface area contributed by atoms with E-state index in [0.717, 1.165) is 0 Å². The summed E-state index contributed by atoms with van der Waals surface area (Å²) in [4.78, 5) is 14.0. The molecule has 0 atom stereocenters. The van der Waals surface area contributed by atoms with Crippen molar-refractivity contribution in [3.05, 3.63) is 59.7 Å². The summed E-state index contributed by atoms with van der Waals surface area (Å²) in [6.07, 6.45) is 0. The number of benzene rings is 2. The molecule has 0 unspecified atom stereocenters. The SMILES string of the molecule is CCOc1ccc(S(=O)(=O)NNC(=O)c2cccc(C#N)c2)cc1. The van der Waals surface area contributed by atoms with Crippen molar-refractivity contribution in [3.8, 4) is 11.8 Å². The van der Waals surface area contributed by atoms with Crippen LogP contribution in [0.4, 0.5) is 0 Å². The molecule has 7 nitrogen and oxygen atoms in total. The molecule has 2 rings (SSSR count). The number of nitrogens with zero attached hydrogens (tertiary/aromatic N) is 1. The Labute approximate surface area is 139 Å². The van der Waals surface area contributed by atoms with E-state index in [1.807, 2.05) is 17.8 Å². The summed E-state index contributed by atoms with van der Waals surface area (Å²) in [7, 11) is -3.91. The average Bonchev–Trinajstić information content (AvgIpc) is 2.60. The maximum Gasteiger partial charge on any atom is 0.266 e. The summed E-state index contributed by atoms with van der Waals surface area (Å²) < 4.78 is 29.5. The van der Waals surface area contributed by atoms with Gasteiger partial charge in [-0.15, -0.1) is 4.83 Å². The van der Waals surface area contributed by atoms with Crippen LogP contribution < -0.4 is 15.0 Å². The van der Waals surface area contributed by atoms with Crippen molar-refractivity contribution in [2.24, 2.45) is 0 Å². The van der Waals surface area contributed by atoms with Gasteiger partial charge in [-0.1, -0.05) is 6.07 Å². The van der Waals surface area contributed by atoms with E-state index in [1.165, 1.54) is 42.5 Å². The van der Waals surface area contributed by atoms with Gasteiger partial charge in [0.05, 0.1) is 23.1 Å². The van der Waals surface area contributed by atoms with E-state index in [9.17, 15) is 13.2 Å². The zero-order valence-corrected chi connectivity index (χ0v) is 13.6. The van der Waals surface area contributed by atoms with Crippen LogP contribution in [0.15, 0.2) is 53.4 Å². The van der Waals surface area contributed by atoms with E-state index in [-0.39, 0.29) is 10.5 Å². The summed E-state index contributed by atoms with van der Waals surface area (Å²) in [5.41, 5.74) is 2.58. The molecule has 0 heterocycles. The molecule has 0 aliphatic carbocycles. The minimum atomic E-state index is -3.91. The molecule has 0 spiro atoms. The molecule has 0 aliphatic rings. The van der Waals surface area contributed by atoms with Crippen LogP contribution in [0.1, 0.15) is 22.8 Å². The van der Waals surface area contributed by atoms with Gasteiger partial charge >= 0.3 is 0 Å². The fourth-order valence-electron chi connectivity index (χ4n) is 1.86. The third-order valence-corrected chi connectivity index (χ3v) is 4.26. The number of ether oxygens (including phenoxy) is 1. The van der Waals surface area contributed by atoms with Crippen LogP contribution in [0.2, 0.25) is 0 Å². The van der Waals surface area contributed by atoms with E-state index in [1.54, 1.807) is 6.07 Å². The topological polar surface area (TPSA) is 108 Å². The van der Waals surface area contributed by atoms with Crippen molar-refractivity contribution < 1.29 is 17.9 Å². The summed E-state index contributed by atoms with van der Waals surface area (Å²) in [6, 6.07) is 13.6. The van der Waals surface area contributed by atoms with Crippen LogP contribution in [-0.2, 0) is 10.0 Å². The molecule has 0 radical (unpaired) electrons. The third-order valence-electron chi connectivity index (χ3n) is 3.00. The van der Waals surface area contributed by atoms with Gasteiger partial charge in [0.1, 0.15) is 5.75 Å². The minimum Gasteiger partial charge on any atom is -0.494 e. The van der Waals surface area contributed by atoms with Crippen LogP contribution in [0.25, 0.3) is 0 Å². The molecule has 1 amide bonds. The van der Waals surface area contributed by atoms with Crippen LogP contribution in [0, 0.1) is 11.3 Å². The van der Waals surface area contributed by atoms with Crippen molar-refractivity contribution in [2.75, 3.05) is 6.61 Å². The van der Waals surface area contributed by atoms with E-state index < -0.39 is 15.9 Å². The lowest BCUT2D eigenvalue weighted by Gasteiger charge is -2.09. The van der Waals surface area contributed by atoms with Crippen molar-refractivity contribution in [3.63, 3.8) is 0 Å².